The Kier molecular flexibility index (Phi) is 9.43. The van der Waals surface area contributed by atoms with Gasteiger partial charge in [0.2, 0.25) is 0 Å². The number of carbonyl (C=O) groups is 1. The Bertz CT molecular complexity index is 1040. The minimum absolute atomic E-state index is 0.00914. The maximum Gasteiger partial charge on any atom is 0.399 e. The lowest BCUT2D eigenvalue weighted by Crippen LogP contribution is -2.42. The molecule has 11 heteroatoms. The molecule has 1 atom stereocenters. The van der Waals surface area contributed by atoms with Crippen molar-refractivity contribution in [2.45, 2.75) is 25.4 Å². The summed E-state index contributed by atoms with van der Waals surface area (Å²) in [6.45, 7) is 1.86. The van der Waals surface area contributed by atoms with Crippen molar-refractivity contribution in [3.63, 3.8) is 0 Å². The van der Waals surface area contributed by atoms with Crippen LogP contribution in [0.15, 0.2) is 40.9 Å². The molecule has 0 fully saturated rings. The first-order chi connectivity index (χ1) is 14.8. The van der Waals surface area contributed by atoms with Gasteiger partial charge in [-0.1, -0.05) is 72.2 Å². The van der Waals surface area contributed by atoms with Gasteiger partial charge < -0.3 is 0 Å². The summed E-state index contributed by atoms with van der Waals surface area (Å²) in [5, 5.41) is 1.30. The number of amides is 1. The van der Waals surface area contributed by atoms with E-state index in [1.807, 2.05) is 6.92 Å². The van der Waals surface area contributed by atoms with Gasteiger partial charge in [-0.25, -0.2) is 0 Å². The number of alkyl halides is 3. The lowest BCUT2D eigenvalue weighted by molar-refractivity contribution is -0.139. The first-order valence-corrected chi connectivity index (χ1v) is 11.4. The van der Waals surface area contributed by atoms with Crippen LogP contribution in [-0.4, -0.2) is 29.1 Å². The van der Waals surface area contributed by atoms with Gasteiger partial charge in [0.15, 0.2) is 0 Å². The summed E-state index contributed by atoms with van der Waals surface area (Å²) in [7, 11) is 1.63. The standard InChI is InChI=1S/C21H17BrCl3F3N2OS/c1-3-18(32)30(2)29-20(31)13-6-4-11(8-15(13)22)5-7-14(21(26,27)28)12-9-16(23)19(25)17(24)10-12/h4-10,14H,3H2,1-2H3,(H,29,31)/b7-5+. The van der Waals surface area contributed by atoms with Crippen molar-refractivity contribution >= 4 is 79.9 Å². The van der Waals surface area contributed by atoms with Crippen LogP contribution in [0.4, 0.5) is 13.2 Å². The summed E-state index contributed by atoms with van der Waals surface area (Å²) < 4.78 is 41.5. The van der Waals surface area contributed by atoms with Crippen LogP contribution >= 0.6 is 63.0 Å². The van der Waals surface area contributed by atoms with Crippen LogP contribution in [0.1, 0.15) is 40.7 Å². The summed E-state index contributed by atoms with van der Waals surface area (Å²) in [5.41, 5.74) is 3.25. The van der Waals surface area contributed by atoms with Gasteiger partial charge in [0, 0.05) is 11.5 Å². The van der Waals surface area contributed by atoms with Crippen LogP contribution in [0.2, 0.25) is 15.1 Å². The van der Waals surface area contributed by atoms with Crippen molar-refractivity contribution in [2.24, 2.45) is 0 Å². The first-order valence-electron chi connectivity index (χ1n) is 9.11. The molecule has 2 aromatic rings. The van der Waals surface area contributed by atoms with Crippen LogP contribution < -0.4 is 5.43 Å². The molecule has 32 heavy (non-hydrogen) atoms. The highest BCUT2D eigenvalue weighted by molar-refractivity contribution is 9.10. The van der Waals surface area contributed by atoms with E-state index in [1.54, 1.807) is 13.1 Å². The maximum atomic E-state index is 13.7. The molecule has 0 aromatic heterocycles. The number of thiocarbonyl (C=S) groups is 1. The predicted molar refractivity (Wildman–Crippen MR) is 132 cm³/mol. The number of halogens is 7. The van der Waals surface area contributed by atoms with Gasteiger partial charge in [0.05, 0.1) is 31.5 Å². The van der Waals surface area contributed by atoms with E-state index in [9.17, 15) is 18.0 Å². The lowest BCUT2D eigenvalue weighted by atomic mass is 9.97. The van der Waals surface area contributed by atoms with Gasteiger partial charge in [0.25, 0.3) is 5.91 Å². The molecule has 0 bridgehead atoms. The molecule has 0 aliphatic rings. The van der Waals surface area contributed by atoms with Crippen LogP contribution in [-0.2, 0) is 0 Å². The highest BCUT2D eigenvalue weighted by Crippen LogP contribution is 2.41. The normalized spacial score (nSPS) is 12.7. The van der Waals surface area contributed by atoms with Crippen molar-refractivity contribution in [1.82, 2.24) is 10.4 Å². The fourth-order valence-electron chi connectivity index (χ4n) is 2.70. The Morgan fingerprint density at radius 1 is 1.22 bits per heavy atom. The topological polar surface area (TPSA) is 32.3 Å². The fourth-order valence-corrected chi connectivity index (χ4v) is 3.94. The van der Waals surface area contributed by atoms with E-state index >= 15 is 0 Å². The zero-order valence-electron chi connectivity index (χ0n) is 16.7. The number of hydrogen-bond donors (Lipinski definition) is 1. The third-order valence-electron chi connectivity index (χ3n) is 4.38. The van der Waals surface area contributed by atoms with Crippen LogP contribution in [0.25, 0.3) is 6.08 Å². The minimum Gasteiger partial charge on any atom is -0.282 e. The van der Waals surface area contributed by atoms with Gasteiger partial charge >= 0.3 is 6.18 Å². The van der Waals surface area contributed by atoms with Crippen LogP contribution in [0, 0.1) is 0 Å². The fraction of sp³-hybridized carbons (Fsp3) is 0.238. The molecule has 2 rings (SSSR count). The van der Waals surface area contributed by atoms with E-state index in [-0.39, 0.29) is 20.6 Å². The Hall–Kier alpha value is -1.32. The predicted octanol–water partition coefficient (Wildman–Crippen LogP) is 8.08. The second-order valence-corrected chi connectivity index (χ2v) is 9.18. The summed E-state index contributed by atoms with van der Waals surface area (Å²) in [5.74, 6) is -2.37. The van der Waals surface area contributed by atoms with Crippen LogP contribution in [0.5, 0.6) is 0 Å². The molecule has 0 saturated carbocycles. The summed E-state index contributed by atoms with van der Waals surface area (Å²) in [4.78, 5) is 13.0. The second-order valence-electron chi connectivity index (χ2n) is 6.66. The summed E-state index contributed by atoms with van der Waals surface area (Å²) >= 11 is 26.1. The SMILES string of the molecule is CCC(=S)N(C)NC(=O)c1ccc(/C=C/C(c2cc(Cl)c(Cl)c(Cl)c2)C(F)(F)F)cc1Br. The van der Waals surface area contributed by atoms with Crippen molar-refractivity contribution in [3.05, 3.63) is 72.6 Å². The maximum absolute atomic E-state index is 13.7. The van der Waals surface area contributed by atoms with E-state index in [1.165, 1.54) is 23.2 Å². The summed E-state index contributed by atoms with van der Waals surface area (Å²) in [6, 6.07) is 6.85. The third kappa shape index (κ3) is 6.84. The van der Waals surface area contributed by atoms with E-state index in [0.29, 0.717) is 27.0 Å². The molecule has 1 amide bonds. The van der Waals surface area contributed by atoms with Gasteiger partial charge in [-0.3, -0.25) is 15.2 Å². The summed E-state index contributed by atoms with van der Waals surface area (Å²) in [6.07, 6.45) is -1.71. The van der Waals surface area contributed by atoms with E-state index in [2.05, 4.69) is 21.4 Å². The van der Waals surface area contributed by atoms with E-state index < -0.39 is 18.0 Å². The molecule has 0 radical (unpaired) electrons. The number of nitrogens with zero attached hydrogens (tertiary/aromatic N) is 1. The molecule has 1 unspecified atom stereocenters. The monoisotopic (exact) mass is 586 g/mol. The first kappa shape index (κ1) is 26.9. The Morgan fingerprint density at radius 3 is 2.31 bits per heavy atom. The number of carbonyl (C=O) groups excluding carboxylic acids is 1. The van der Waals surface area contributed by atoms with Crippen molar-refractivity contribution in [3.8, 4) is 0 Å². The zero-order valence-corrected chi connectivity index (χ0v) is 21.4. The molecule has 3 nitrogen and oxygen atoms in total. The Morgan fingerprint density at radius 2 is 1.81 bits per heavy atom. The zero-order chi connectivity index (χ0) is 24.2. The Labute approximate surface area is 212 Å². The van der Waals surface area contributed by atoms with Gasteiger partial charge in [0.1, 0.15) is 0 Å². The van der Waals surface area contributed by atoms with Crippen molar-refractivity contribution < 1.29 is 18.0 Å². The molecular weight excluding hydrogens is 572 g/mol. The van der Waals surface area contributed by atoms with Gasteiger partial charge in [-0.05, 0) is 57.7 Å². The van der Waals surface area contributed by atoms with Crippen molar-refractivity contribution in [2.75, 3.05) is 7.05 Å². The molecule has 0 aliphatic heterocycles. The molecule has 2 aromatic carbocycles. The van der Waals surface area contributed by atoms with Crippen molar-refractivity contribution in [1.29, 1.82) is 0 Å². The number of allylic oxidation sites excluding steroid dienone is 1. The highest BCUT2D eigenvalue weighted by atomic mass is 79.9. The van der Waals surface area contributed by atoms with E-state index in [0.717, 1.165) is 18.2 Å². The molecule has 172 valence electrons. The molecule has 0 saturated heterocycles. The van der Waals surface area contributed by atoms with Crippen LogP contribution in [0.3, 0.4) is 0 Å². The molecular formula is C21H17BrCl3F3N2OS. The van der Waals surface area contributed by atoms with E-state index in [4.69, 9.17) is 47.0 Å². The van der Waals surface area contributed by atoms with Gasteiger partial charge in [-0.15, -0.1) is 0 Å². The Balaban J connectivity index is 2.30. The lowest BCUT2D eigenvalue weighted by Gasteiger charge is -2.20. The number of nitrogens with one attached hydrogen (secondary N) is 1. The number of benzene rings is 2. The second kappa shape index (κ2) is 11.2. The molecule has 1 N–H and O–H groups in total. The average Bonchev–Trinajstić information content (AvgIpc) is 2.70. The average molecular weight is 589 g/mol. The quantitative estimate of drug-likeness (QED) is 0.218. The smallest absolute Gasteiger partial charge is 0.282 e. The largest absolute Gasteiger partial charge is 0.399 e. The molecule has 0 aliphatic carbocycles. The minimum atomic E-state index is -4.59. The molecule has 0 heterocycles. The molecule has 0 spiro atoms. The third-order valence-corrected chi connectivity index (χ3v) is 6.80. The number of rotatable bonds is 5. The highest BCUT2D eigenvalue weighted by Gasteiger charge is 2.39. The number of hydrazine groups is 1. The number of hydrogen-bond acceptors (Lipinski definition) is 2. The van der Waals surface area contributed by atoms with Gasteiger partial charge in [-0.2, -0.15) is 13.2 Å².